The minimum atomic E-state index is -1.28. The molecule has 2 N–H and O–H groups in total. The number of anilines is 1. The Labute approximate surface area is 173 Å². The Bertz CT molecular complexity index is 975. The van der Waals surface area contributed by atoms with Crippen molar-refractivity contribution in [2.75, 3.05) is 33.2 Å². The van der Waals surface area contributed by atoms with E-state index in [0.29, 0.717) is 28.5 Å². The van der Waals surface area contributed by atoms with Crippen LogP contribution in [0.5, 0.6) is 17.2 Å². The summed E-state index contributed by atoms with van der Waals surface area (Å²) in [4.78, 5) is 38.8. The van der Waals surface area contributed by atoms with Gasteiger partial charge in [-0.3, -0.25) is 14.5 Å². The van der Waals surface area contributed by atoms with Crippen molar-refractivity contribution < 1.29 is 28.6 Å². The standard InChI is InChI=1S/C21H23N3O6/c1-21(13-5-7-14(28-2)8-6-13)19(26)24(20(27)23-21)12-18(25)22-16-10-9-15(29-3)11-17(16)30-4/h5-11H,12H2,1-4H3,(H,22,25)(H,23,27). The fraction of sp³-hybridized carbons (Fsp3) is 0.286. The van der Waals surface area contributed by atoms with Gasteiger partial charge in [0.1, 0.15) is 29.3 Å². The van der Waals surface area contributed by atoms with E-state index in [4.69, 9.17) is 14.2 Å². The van der Waals surface area contributed by atoms with Crippen molar-refractivity contribution in [2.24, 2.45) is 0 Å². The van der Waals surface area contributed by atoms with Crippen LogP contribution in [0.3, 0.4) is 0 Å². The molecular weight excluding hydrogens is 390 g/mol. The Kier molecular flexibility index (Phi) is 5.81. The summed E-state index contributed by atoms with van der Waals surface area (Å²) in [6.45, 7) is 1.16. The molecule has 0 bridgehead atoms. The van der Waals surface area contributed by atoms with Gasteiger partial charge in [-0.25, -0.2) is 4.79 Å². The number of carbonyl (C=O) groups excluding carboxylic acids is 3. The summed E-state index contributed by atoms with van der Waals surface area (Å²) in [6, 6.07) is 11.0. The van der Waals surface area contributed by atoms with Crippen LogP contribution >= 0.6 is 0 Å². The number of urea groups is 1. The monoisotopic (exact) mass is 413 g/mol. The molecule has 1 aliphatic heterocycles. The van der Waals surface area contributed by atoms with Crippen LogP contribution in [-0.4, -0.2) is 50.6 Å². The lowest BCUT2D eigenvalue weighted by molar-refractivity contribution is -0.133. The van der Waals surface area contributed by atoms with Crippen LogP contribution < -0.4 is 24.8 Å². The third-order valence-electron chi connectivity index (χ3n) is 4.93. The van der Waals surface area contributed by atoms with Gasteiger partial charge in [0.15, 0.2) is 0 Å². The second-order valence-corrected chi connectivity index (χ2v) is 6.79. The highest BCUT2D eigenvalue weighted by Gasteiger charge is 2.49. The number of benzene rings is 2. The summed E-state index contributed by atoms with van der Waals surface area (Å²) in [5, 5.41) is 5.32. The van der Waals surface area contributed by atoms with Crippen LogP contribution in [0.1, 0.15) is 12.5 Å². The molecule has 9 nitrogen and oxygen atoms in total. The van der Waals surface area contributed by atoms with E-state index in [1.165, 1.54) is 21.3 Å². The highest BCUT2D eigenvalue weighted by atomic mass is 16.5. The van der Waals surface area contributed by atoms with E-state index in [9.17, 15) is 14.4 Å². The van der Waals surface area contributed by atoms with E-state index in [0.717, 1.165) is 4.90 Å². The highest BCUT2D eigenvalue weighted by molar-refractivity contribution is 6.10. The summed E-state index contributed by atoms with van der Waals surface area (Å²) in [5.74, 6) is 0.524. The molecule has 0 aromatic heterocycles. The average Bonchev–Trinajstić information content (AvgIpc) is 2.97. The van der Waals surface area contributed by atoms with Gasteiger partial charge < -0.3 is 24.8 Å². The fourth-order valence-corrected chi connectivity index (χ4v) is 3.20. The molecule has 1 atom stereocenters. The number of amides is 4. The van der Waals surface area contributed by atoms with Crippen molar-refractivity contribution in [3.05, 3.63) is 48.0 Å². The first-order valence-corrected chi connectivity index (χ1v) is 9.13. The molecule has 4 amide bonds. The zero-order valence-corrected chi connectivity index (χ0v) is 17.1. The molecule has 0 spiro atoms. The number of rotatable bonds is 7. The zero-order valence-electron chi connectivity index (χ0n) is 17.1. The summed E-state index contributed by atoms with van der Waals surface area (Å²) >= 11 is 0. The van der Waals surface area contributed by atoms with E-state index in [2.05, 4.69) is 10.6 Å². The van der Waals surface area contributed by atoms with Crippen molar-refractivity contribution in [2.45, 2.75) is 12.5 Å². The Morgan fingerprint density at radius 1 is 1.00 bits per heavy atom. The third-order valence-corrected chi connectivity index (χ3v) is 4.93. The molecule has 0 radical (unpaired) electrons. The molecule has 1 heterocycles. The SMILES string of the molecule is COc1ccc(C2(C)NC(=O)N(CC(=O)Nc3ccc(OC)cc3OC)C2=O)cc1. The molecular formula is C21H23N3O6. The van der Waals surface area contributed by atoms with Crippen molar-refractivity contribution in [3.8, 4) is 17.2 Å². The number of ether oxygens (including phenoxy) is 3. The maximum absolute atomic E-state index is 13.0. The number of imide groups is 1. The van der Waals surface area contributed by atoms with E-state index in [-0.39, 0.29) is 0 Å². The molecule has 0 aliphatic carbocycles. The van der Waals surface area contributed by atoms with Crippen LogP contribution in [0, 0.1) is 0 Å². The van der Waals surface area contributed by atoms with Gasteiger partial charge in [-0.15, -0.1) is 0 Å². The molecule has 9 heteroatoms. The Morgan fingerprint density at radius 2 is 1.63 bits per heavy atom. The first-order chi connectivity index (χ1) is 14.3. The van der Waals surface area contributed by atoms with Gasteiger partial charge in [-0.1, -0.05) is 12.1 Å². The molecule has 0 saturated carbocycles. The Balaban J connectivity index is 1.74. The number of hydrogen-bond donors (Lipinski definition) is 2. The largest absolute Gasteiger partial charge is 0.497 e. The van der Waals surface area contributed by atoms with Gasteiger partial charge in [0, 0.05) is 6.07 Å². The zero-order chi connectivity index (χ0) is 21.9. The Hall–Kier alpha value is -3.75. The highest BCUT2D eigenvalue weighted by Crippen LogP contribution is 2.31. The van der Waals surface area contributed by atoms with E-state index < -0.39 is 29.9 Å². The second-order valence-electron chi connectivity index (χ2n) is 6.79. The maximum Gasteiger partial charge on any atom is 0.325 e. The molecule has 158 valence electrons. The van der Waals surface area contributed by atoms with Gasteiger partial charge in [-0.2, -0.15) is 0 Å². The van der Waals surface area contributed by atoms with Crippen molar-refractivity contribution in [3.63, 3.8) is 0 Å². The molecule has 1 unspecified atom stereocenters. The molecule has 1 fully saturated rings. The summed E-state index contributed by atoms with van der Waals surface area (Å²) in [6.07, 6.45) is 0. The van der Waals surface area contributed by atoms with Crippen LogP contribution in [0.4, 0.5) is 10.5 Å². The maximum atomic E-state index is 13.0. The summed E-state index contributed by atoms with van der Waals surface area (Å²) in [5.41, 5.74) is -0.295. The predicted molar refractivity (Wildman–Crippen MR) is 109 cm³/mol. The number of carbonyl (C=O) groups is 3. The third kappa shape index (κ3) is 3.86. The first kappa shape index (κ1) is 21.0. The fourth-order valence-electron chi connectivity index (χ4n) is 3.20. The van der Waals surface area contributed by atoms with Crippen molar-refractivity contribution >= 4 is 23.5 Å². The lowest BCUT2D eigenvalue weighted by Gasteiger charge is -2.22. The van der Waals surface area contributed by atoms with E-state index >= 15 is 0 Å². The number of hydrogen-bond acceptors (Lipinski definition) is 6. The van der Waals surface area contributed by atoms with Crippen molar-refractivity contribution in [1.29, 1.82) is 0 Å². The van der Waals surface area contributed by atoms with Crippen molar-refractivity contribution in [1.82, 2.24) is 10.2 Å². The van der Waals surface area contributed by atoms with Crippen LogP contribution in [-0.2, 0) is 15.1 Å². The van der Waals surface area contributed by atoms with E-state index in [1.54, 1.807) is 49.4 Å². The summed E-state index contributed by atoms with van der Waals surface area (Å²) in [7, 11) is 4.52. The van der Waals surface area contributed by atoms with Crippen LogP contribution in [0.25, 0.3) is 0 Å². The number of methoxy groups -OCH3 is 3. The molecule has 2 aromatic carbocycles. The van der Waals surface area contributed by atoms with Gasteiger partial charge in [-0.05, 0) is 36.8 Å². The minimum Gasteiger partial charge on any atom is -0.497 e. The molecule has 30 heavy (non-hydrogen) atoms. The number of nitrogens with one attached hydrogen (secondary N) is 2. The van der Waals surface area contributed by atoms with Gasteiger partial charge in [0.05, 0.1) is 27.0 Å². The van der Waals surface area contributed by atoms with Gasteiger partial charge in [0.2, 0.25) is 5.91 Å². The second kappa shape index (κ2) is 8.32. The molecule has 3 rings (SSSR count). The Morgan fingerprint density at radius 3 is 2.23 bits per heavy atom. The first-order valence-electron chi connectivity index (χ1n) is 9.13. The average molecular weight is 413 g/mol. The molecule has 2 aromatic rings. The lowest BCUT2D eigenvalue weighted by atomic mass is 9.92. The predicted octanol–water partition coefficient (Wildman–Crippen LogP) is 2.12. The normalized spacial score (nSPS) is 18.1. The van der Waals surface area contributed by atoms with Crippen LogP contribution in [0.15, 0.2) is 42.5 Å². The van der Waals surface area contributed by atoms with Gasteiger partial charge >= 0.3 is 6.03 Å². The quantitative estimate of drug-likeness (QED) is 0.674. The summed E-state index contributed by atoms with van der Waals surface area (Å²) < 4.78 is 15.5. The van der Waals surface area contributed by atoms with Crippen LogP contribution in [0.2, 0.25) is 0 Å². The minimum absolute atomic E-state index is 0.392. The number of nitrogens with zero attached hydrogens (tertiary/aromatic N) is 1. The molecule has 1 aliphatic rings. The van der Waals surface area contributed by atoms with Gasteiger partial charge in [0.25, 0.3) is 5.91 Å². The van der Waals surface area contributed by atoms with E-state index in [1.807, 2.05) is 0 Å². The smallest absolute Gasteiger partial charge is 0.325 e. The topological polar surface area (TPSA) is 106 Å². The molecule has 1 saturated heterocycles. The lowest BCUT2D eigenvalue weighted by Crippen LogP contribution is -2.42.